The van der Waals surface area contributed by atoms with Crippen LogP contribution in [0.1, 0.15) is 58.2 Å². The van der Waals surface area contributed by atoms with Gasteiger partial charge in [0.15, 0.2) is 5.65 Å². The van der Waals surface area contributed by atoms with Crippen LogP contribution in [0.3, 0.4) is 0 Å². The van der Waals surface area contributed by atoms with Crippen molar-refractivity contribution in [1.29, 1.82) is 0 Å². The van der Waals surface area contributed by atoms with Crippen LogP contribution in [0.5, 0.6) is 0 Å². The highest BCUT2D eigenvalue weighted by Crippen LogP contribution is 2.29. The minimum absolute atomic E-state index is 0.0128. The number of carbonyl (C=O) groups is 1. The SMILES string of the molecule is CC(C)(C)OC(=O)NC1CCC(n2c(=O)cnc3ccc(CO)nc32)CC1. The van der Waals surface area contributed by atoms with Crippen LogP contribution in [0.4, 0.5) is 4.79 Å². The lowest BCUT2D eigenvalue weighted by atomic mass is 9.91. The maximum atomic E-state index is 12.5. The van der Waals surface area contributed by atoms with Crippen LogP contribution < -0.4 is 10.9 Å². The highest BCUT2D eigenvalue weighted by Gasteiger charge is 2.27. The number of amides is 1. The lowest BCUT2D eigenvalue weighted by Gasteiger charge is -2.31. The highest BCUT2D eigenvalue weighted by atomic mass is 16.6. The number of nitrogens with one attached hydrogen (secondary N) is 1. The van der Waals surface area contributed by atoms with Crippen LogP contribution >= 0.6 is 0 Å². The van der Waals surface area contributed by atoms with Crippen molar-refractivity contribution in [2.24, 2.45) is 0 Å². The van der Waals surface area contributed by atoms with Gasteiger partial charge in [-0.3, -0.25) is 9.36 Å². The third kappa shape index (κ3) is 4.63. The molecule has 1 amide bonds. The summed E-state index contributed by atoms with van der Waals surface area (Å²) in [6, 6.07) is 3.48. The molecule has 0 atom stereocenters. The molecule has 8 nitrogen and oxygen atoms in total. The summed E-state index contributed by atoms with van der Waals surface area (Å²) in [4.78, 5) is 33.0. The molecule has 27 heavy (non-hydrogen) atoms. The summed E-state index contributed by atoms with van der Waals surface area (Å²) in [5.41, 5.74) is 0.900. The summed E-state index contributed by atoms with van der Waals surface area (Å²) in [6.07, 6.45) is 3.88. The highest BCUT2D eigenvalue weighted by molar-refractivity contribution is 5.70. The molecule has 0 bridgehead atoms. The standard InChI is InChI=1S/C19H26N4O4/c1-19(2,3)27-18(26)22-12-4-7-14(8-5-12)23-16(25)10-20-15-9-6-13(11-24)21-17(15)23/h6,9-10,12,14,24H,4-5,7-8,11H2,1-3H3,(H,22,26). The van der Waals surface area contributed by atoms with E-state index in [1.807, 2.05) is 20.8 Å². The topological polar surface area (TPSA) is 106 Å². The largest absolute Gasteiger partial charge is 0.444 e. The molecule has 1 aliphatic rings. The van der Waals surface area contributed by atoms with Crippen molar-refractivity contribution in [1.82, 2.24) is 19.9 Å². The Balaban J connectivity index is 1.74. The van der Waals surface area contributed by atoms with Crippen LogP contribution in [0.25, 0.3) is 11.2 Å². The van der Waals surface area contributed by atoms with Gasteiger partial charge < -0.3 is 15.2 Å². The third-order valence-corrected chi connectivity index (χ3v) is 4.64. The fraction of sp³-hybridized carbons (Fsp3) is 0.579. The quantitative estimate of drug-likeness (QED) is 0.854. The molecule has 2 aromatic heterocycles. The maximum absolute atomic E-state index is 12.5. The summed E-state index contributed by atoms with van der Waals surface area (Å²) in [7, 11) is 0. The number of alkyl carbamates (subject to hydrolysis) is 1. The van der Waals surface area contributed by atoms with Crippen LogP contribution in [0.15, 0.2) is 23.1 Å². The summed E-state index contributed by atoms with van der Waals surface area (Å²) in [6.45, 7) is 5.31. The lowest BCUT2D eigenvalue weighted by molar-refractivity contribution is 0.0488. The van der Waals surface area contributed by atoms with Gasteiger partial charge in [-0.25, -0.2) is 14.8 Å². The maximum Gasteiger partial charge on any atom is 0.407 e. The van der Waals surface area contributed by atoms with E-state index in [1.165, 1.54) is 6.20 Å². The molecule has 2 aromatic rings. The van der Waals surface area contributed by atoms with Gasteiger partial charge >= 0.3 is 6.09 Å². The molecule has 8 heteroatoms. The van der Waals surface area contributed by atoms with Gasteiger partial charge in [0.25, 0.3) is 5.56 Å². The van der Waals surface area contributed by atoms with Crippen LogP contribution in [0, 0.1) is 0 Å². The first-order valence-corrected chi connectivity index (χ1v) is 9.24. The molecular weight excluding hydrogens is 348 g/mol. The lowest BCUT2D eigenvalue weighted by Crippen LogP contribution is -2.41. The molecule has 0 aliphatic heterocycles. The van der Waals surface area contributed by atoms with E-state index < -0.39 is 11.7 Å². The van der Waals surface area contributed by atoms with Crippen LogP contribution in [0.2, 0.25) is 0 Å². The van der Waals surface area contributed by atoms with Crippen molar-refractivity contribution in [2.75, 3.05) is 0 Å². The molecule has 1 saturated carbocycles. The number of hydrogen-bond acceptors (Lipinski definition) is 6. The van der Waals surface area contributed by atoms with E-state index in [1.54, 1.807) is 16.7 Å². The second kappa shape index (κ2) is 7.64. The van der Waals surface area contributed by atoms with Gasteiger partial charge in [0, 0.05) is 12.1 Å². The van der Waals surface area contributed by atoms with Crippen LogP contribution in [-0.2, 0) is 11.3 Å². The van der Waals surface area contributed by atoms with Crippen molar-refractivity contribution in [2.45, 2.75) is 70.7 Å². The molecule has 2 heterocycles. The normalized spacial score (nSPS) is 20.4. The van der Waals surface area contributed by atoms with E-state index in [9.17, 15) is 14.7 Å². The van der Waals surface area contributed by atoms with Gasteiger partial charge in [-0.05, 0) is 58.6 Å². The van der Waals surface area contributed by atoms with E-state index in [2.05, 4.69) is 15.3 Å². The fourth-order valence-corrected chi connectivity index (χ4v) is 3.44. The first-order chi connectivity index (χ1) is 12.8. The summed E-state index contributed by atoms with van der Waals surface area (Å²) < 4.78 is 6.98. The Hall–Kier alpha value is -2.48. The predicted molar refractivity (Wildman–Crippen MR) is 100 cm³/mol. The second-order valence-corrected chi connectivity index (χ2v) is 7.92. The zero-order valence-electron chi connectivity index (χ0n) is 15.9. The summed E-state index contributed by atoms with van der Waals surface area (Å²) in [5.74, 6) is 0. The van der Waals surface area contributed by atoms with Gasteiger partial charge in [0.05, 0.1) is 18.5 Å². The Bertz CT molecular complexity index is 879. The first kappa shape index (κ1) is 19.3. The number of rotatable bonds is 3. The Kier molecular flexibility index (Phi) is 5.46. The van der Waals surface area contributed by atoms with Gasteiger partial charge in [0.2, 0.25) is 0 Å². The van der Waals surface area contributed by atoms with E-state index in [0.29, 0.717) is 16.9 Å². The van der Waals surface area contributed by atoms with Gasteiger partial charge in [0.1, 0.15) is 11.1 Å². The molecule has 0 spiro atoms. The number of aliphatic hydroxyl groups is 1. The number of aromatic nitrogens is 3. The van der Waals surface area contributed by atoms with Crippen LogP contribution in [-0.4, -0.2) is 37.4 Å². The zero-order chi connectivity index (χ0) is 19.6. The van der Waals surface area contributed by atoms with Crippen molar-refractivity contribution in [3.63, 3.8) is 0 Å². The summed E-state index contributed by atoms with van der Waals surface area (Å²) in [5, 5.41) is 12.3. The Labute approximate surface area is 157 Å². The number of ether oxygens (including phenoxy) is 1. The average molecular weight is 374 g/mol. The summed E-state index contributed by atoms with van der Waals surface area (Å²) >= 11 is 0. The number of nitrogens with zero attached hydrogens (tertiary/aromatic N) is 3. The van der Waals surface area contributed by atoms with E-state index in [-0.39, 0.29) is 24.2 Å². The molecule has 0 aromatic carbocycles. The van der Waals surface area contributed by atoms with Gasteiger partial charge in [-0.1, -0.05) is 0 Å². The first-order valence-electron chi connectivity index (χ1n) is 9.24. The minimum atomic E-state index is -0.527. The van der Waals surface area contributed by atoms with Crippen molar-refractivity contribution >= 4 is 17.3 Å². The van der Waals surface area contributed by atoms with Gasteiger partial charge in [-0.2, -0.15) is 0 Å². The molecule has 3 rings (SSSR count). The van der Waals surface area contributed by atoms with E-state index >= 15 is 0 Å². The molecule has 0 radical (unpaired) electrons. The van der Waals surface area contributed by atoms with E-state index in [0.717, 1.165) is 25.7 Å². The van der Waals surface area contributed by atoms with Crippen molar-refractivity contribution < 1.29 is 14.6 Å². The second-order valence-electron chi connectivity index (χ2n) is 7.92. The number of aliphatic hydroxyl groups excluding tert-OH is 1. The van der Waals surface area contributed by atoms with Crippen molar-refractivity contribution in [3.8, 4) is 0 Å². The number of pyridine rings is 1. The molecular formula is C19H26N4O4. The number of fused-ring (bicyclic) bond motifs is 1. The smallest absolute Gasteiger partial charge is 0.407 e. The molecule has 146 valence electrons. The molecule has 1 fully saturated rings. The number of carbonyl (C=O) groups excluding carboxylic acids is 1. The average Bonchev–Trinajstić information content (AvgIpc) is 2.60. The van der Waals surface area contributed by atoms with Crippen molar-refractivity contribution in [3.05, 3.63) is 34.4 Å². The fourth-order valence-electron chi connectivity index (χ4n) is 3.44. The molecule has 0 unspecified atom stereocenters. The monoisotopic (exact) mass is 374 g/mol. The van der Waals surface area contributed by atoms with Gasteiger partial charge in [-0.15, -0.1) is 0 Å². The molecule has 2 N–H and O–H groups in total. The Morgan fingerprint density at radius 3 is 2.63 bits per heavy atom. The zero-order valence-corrected chi connectivity index (χ0v) is 15.9. The Morgan fingerprint density at radius 2 is 2.00 bits per heavy atom. The predicted octanol–water partition coefficient (Wildman–Crippen LogP) is 2.29. The third-order valence-electron chi connectivity index (χ3n) is 4.64. The molecule has 0 saturated heterocycles. The number of hydrogen-bond donors (Lipinski definition) is 2. The Morgan fingerprint density at radius 1 is 1.30 bits per heavy atom. The molecule has 1 aliphatic carbocycles. The van der Waals surface area contributed by atoms with E-state index in [4.69, 9.17) is 4.74 Å². The minimum Gasteiger partial charge on any atom is -0.444 e.